The lowest BCUT2D eigenvalue weighted by molar-refractivity contribution is -0.124. The number of rotatable bonds is 1. The Bertz CT molecular complexity index is 530. The van der Waals surface area contributed by atoms with Gasteiger partial charge in [0.25, 0.3) is 0 Å². The van der Waals surface area contributed by atoms with Gasteiger partial charge in [-0.15, -0.1) is 0 Å². The van der Waals surface area contributed by atoms with Crippen molar-refractivity contribution in [2.45, 2.75) is 12.0 Å². The molecule has 0 heterocycles. The number of fused-ring (bicyclic) bond motifs is 3. The molecule has 1 nitrogen and oxygen atoms in total. The maximum Gasteiger partial charge on any atom is 0.0967 e. The summed E-state index contributed by atoms with van der Waals surface area (Å²) in [6.45, 7) is 8.31. The zero-order chi connectivity index (χ0) is 11.8. The van der Waals surface area contributed by atoms with Crippen molar-refractivity contribution in [1.29, 1.82) is 0 Å². The Balaban J connectivity index is 1.72. The topological polar surface area (TPSA) is 20.2 Å². The summed E-state index contributed by atoms with van der Waals surface area (Å²) in [4.78, 5) is 0. The SMILES string of the molecule is C=C1C2C(=C)C3C(CC3(O)c3ccccc3)C12. The van der Waals surface area contributed by atoms with E-state index in [1.807, 2.05) is 30.3 Å². The summed E-state index contributed by atoms with van der Waals surface area (Å²) in [6, 6.07) is 10.0. The first kappa shape index (κ1) is 9.67. The van der Waals surface area contributed by atoms with Crippen LogP contribution in [0.1, 0.15) is 12.0 Å². The number of hydrogen-bond donors (Lipinski definition) is 1. The van der Waals surface area contributed by atoms with Gasteiger partial charge in [0.2, 0.25) is 0 Å². The molecule has 5 atom stereocenters. The molecule has 1 N–H and O–H groups in total. The van der Waals surface area contributed by atoms with E-state index in [0.29, 0.717) is 17.8 Å². The van der Waals surface area contributed by atoms with Gasteiger partial charge in [0.05, 0.1) is 5.60 Å². The van der Waals surface area contributed by atoms with Crippen molar-refractivity contribution in [1.82, 2.24) is 0 Å². The molecule has 4 rings (SSSR count). The molecule has 3 aliphatic carbocycles. The van der Waals surface area contributed by atoms with Crippen LogP contribution in [0.5, 0.6) is 0 Å². The Morgan fingerprint density at radius 2 is 1.82 bits per heavy atom. The molecule has 1 aromatic carbocycles. The van der Waals surface area contributed by atoms with E-state index in [0.717, 1.165) is 12.0 Å². The smallest absolute Gasteiger partial charge is 0.0967 e. The third kappa shape index (κ3) is 0.953. The average molecular weight is 224 g/mol. The Morgan fingerprint density at radius 3 is 2.47 bits per heavy atom. The third-order valence-corrected chi connectivity index (χ3v) is 5.10. The van der Waals surface area contributed by atoms with Crippen LogP contribution in [0.4, 0.5) is 0 Å². The molecule has 0 bridgehead atoms. The van der Waals surface area contributed by atoms with Crippen molar-refractivity contribution in [2.75, 3.05) is 0 Å². The Labute approximate surface area is 101 Å². The monoisotopic (exact) mass is 224 g/mol. The van der Waals surface area contributed by atoms with Crippen LogP contribution in [-0.4, -0.2) is 5.11 Å². The van der Waals surface area contributed by atoms with Crippen LogP contribution in [0, 0.1) is 23.7 Å². The zero-order valence-electron chi connectivity index (χ0n) is 9.76. The average Bonchev–Trinajstić information content (AvgIpc) is 2.89. The van der Waals surface area contributed by atoms with Crippen molar-refractivity contribution >= 4 is 0 Å². The maximum atomic E-state index is 10.9. The molecular formula is C16H16O. The van der Waals surface area contributed by atoms with E-state index in [9.17, 15) is 5.11 Å². The van der Waals surface area contributed by atoms with Crippen LogP contribution in [0.25, 0.3) is 0 Å². The molecule has 0 aliphatic heterocycles. The molecule has 3 saturated carbocycles. The highest BCUT2D eigenvalue weighted by Crippen LogP contribution is 2.74. The predicted molar refractivity (Wildman–Crippen MR) is 67.2 cm³/mol. The van der Waals surface area contributed by atoms with E-state index in [1.165, 1.54) is 11.1 Å². The summed E-state index contributed by atoms with van der Waals surface area (Å²) in [7, 11) is 0. The lowest BCUT2D eigenvalue weighted by atomic mass is 9.57. The molecule has 1 aromatic rings. The predicted octanol–water partition coefficient (Wildman–Crippen LogP) is 2.88. The van der Waals surface area contributed by atoms with Gasteiger partial charge < -0.3 is 5.11 Å². The second-order valence-corrected chi connectivity index (χ2v) is 5.79. The summed E-state index contributed by atoms with van der Waals surface area (Å²) < 4.78 is 0. The minimum Gasteiger partial charge on any atom is -0.385 e. The van der Waals surface area contributed by atoms with E-state index in [4.69, 9.17) is 0 Å². The normalized spacial score (nSPS) is 46.2. The van der Waals surface area contributed by atoms with Crippen LogP contribution >= 0.6 is 0 Å². The van der Waals surface area contributed by atoms with Gasteiger partial charge in [0.15, 0.2) is 0 Å². The minimum atomic E-state index is -0.656. The third-order valence-electron chi connectivity index (χ3n) is 5.10. The van der Waals surface area contributed by atoms with Gasteiger partial charge in [0.1, 0.15) is 0 Å². The maximum absolute atomic E-state index is 10.9. The van der Waals surface area contributed by atoms with Gasteiger partial charge >= 0.3 is 0 Å². The van der Waals surface area contributed by atoms with Gasteiger partial charge in [0, 0.05) is 11.8 Å². The summed E-state index contributed by atoms with van der Waals surface area (Å²) >= 11 is 0. The molecule has 0 amide bonds. The summed E-state index contributed by atoms with van der Waals surface area (Å²) in [5.74, 6) is 2.02. The van der Waals surface area contributed by atoms with E-state index in [-0.39, 0.29) is 5.92 Å². The molecule has 17 heavy (non-hydrogen) atoms. The Morgan fingerprint density at radius 1 is 1.12 bits per heavy atom. The van der Waals surface area contributed by atoms with Crippen LogP contribution in [0.3, 0.4) is 0 Å². The number of hydrogen-bond acceptors (Lipinski definition) is 1. The van der Waals surface area contributed by atoms with Gasteiger partial charge in [-0.05, 0) is 23.8 Å². The molecule has 86 valence electrons. The van der Waals surface area contributed by atoms with Gasteiger partial charge in [-0.3, -0.25) is 0 Å². The number of allylic oxidation sites excluding steroid dienone is 1. The first-order valence-electron chi connectivity index (χ1n) is 6.30. The summed E-state index contributed by atoms with van der Waals surface area (Å²) in [5.41, 5.74) is 2.97. The van der Waals surface area contributed by atoms with Crippen molar-refractivity contribution in [2.24, 2.45) is 23.7 Å². The first-order valence-corrected chi connectivity index (χ1v) is 6.30. The summed E-state index contributed by atoms with van der Waals surface area (Å²) in [5, 5.41) is 10.9. The lowest BCUT2D eigenvalue weighted by Crippen LogP contribution is -2.51. The Hall–Kier alpha value is -1.34. The van der Waals surface area contributed by atoms with Crippen molar-refractivity contribution < 1.29 is 5.11 Å². The van der Waals surface area contributed by atoms with Crippen molar-refractivity contribution in [3.8, 4) is 0 Å². The number of aliphatic hydroxyl groups is 1. The van der Waals surface area contributed by atoms with Gasteiger partial charge in [-0.2, -0.15) is 0 Å². The molecule has 5 unspecified atom stereocenters. The van der Waals surface area contributed by atoms with Crippen LogP contribution in [0.2, 0.25) is 0 Å². The highest BCUT2D eigenvalue weighted by molar-refractivity contribution is 5.50. The second kappa shape index (κ2) is 2.73. The van der Waals surface area contributed by atoms with E-state index >= 15 is 0 Å². The summed E-state index contributed by atoms with van der Waals surface area (Å²) in [6.07, 6.45) is 0.876. The van der Waals surface area contributed by atoms with E-state index < -0.39 is 5.60 Å². The van der Waals surface area contributed by atoms with Crippen LogP contribution < -0.4 is 0 Å². The zero-order valence-corrected chi connectivity index (χ0v) is 9.76. The van der Waals surface area contributed by atoms with Gasteiger partial charge in [-0.25, -0.2) is 0 Å². The van der Waals surface area contributed by atoms with Gasteiger partial charge in [-0.1, -0.05) is 54.6 Å². The minimum absolute atomic E-state index is 0.269. The van der Waals surface area contributed by atoms with Crippen molar-refractivity contribution in [3.63, 3.8) is 0 Å². The highest BCUT2D eigenvalue weighted by Gasteiger charge is 2.70. The molecule has 0 radical (unpaired) electrons. The molecule has 0 aromatic heterocycles. The van der Waals surface area contributed by atoms with Crippen LogP contribution in [0.15, 0.2) is 54.6 Å². The largest absolute Gasteiger partial charge is 0.385 e. The van der Waals surface area contributed by atoms with E-state index in [1.54, 1.807) is 0 Å². The number of benzene rings is 1. The first-order chi connectivity index (χ1) is 8.14. The fraction of sp³-hybridized carbons (Fsp3) is 0.375. The quantitative estimate of drug-likeness (QED) is 0.727. The fourth-order valence-corrected chi connectivity index (χ4v) is 4.26. The molecule has 3 aliphatic rings. The molecular weight excluding hydrogens is 208 g/mol. The Kier molecular flexibility index (Phi) is 1.55. The van der Waals surface area contributed by atoms with Crippen LogP contribution in [-0.2, 0) is 5.60 Å². The van der Waals surface area contributed by atoms with Crippen molar-refractivity contribution in [3.05, 3.63) is 60.2 Å². The fourth-order valence-electron chi connectivity index (χ4n) is 4.26. The molecule has 1 heteroatoms. The standard InChI is InChI=1S/C16H16O/c1-9-13-10(2)15-12(14(9)13)8-16(15,17)11-6-4-3-5-7-11/h3-7,12-15,17H,1-2,8H2. The molecule has 0 spiro atoms. The molecule has 3 fully saturated rings. The highest BCUT2D eigenvalue weighted by atomic mass is 16.3. The molecule has 0 saturated heterocycles. The van der Waals surface area contributed by atoms with E-state index in [2.05, 4.69) is 13.2 Å². The second-order valence-electron chi connectivity index (χ2n) is 5.79. The lowest BCUT2D eigenvalue weighted by Gasteiger charge is -2.51.